The highest BCUT2D eigenvalue weighted by molar-refractivity contribution is 7.09. The molecule has 4 rings (SSSR count). The predicted octanol–water partition coefficient (Wildman–Crippen LogP) is 2.68. The molecule has 0 saturated heterocycles. The predicted molar refractivity (Wildman–Crippen MR) is 70.3 cm³/mol. The van der Waals surface area contributed by atoms with Crippen LogP contribution in [0.2, 0.25) is 0 Å². The third-order valence-corrected chi connectivity index (χ3v) is 5.25. The average molecular weight is 262 g/mol. The third kappa shape index (κ3) is 2.18. The summed E-state index contributed by atoms with van der Waals surface area (Å²) >= 11 is 1.69. The van der Waals surface area contributed by atoms with Gasteiger partial charge in [0.25, 0.3) is 0 Å². The Morgan fingerprint density at radius 2 is 2.22 bits per heavy atom. The molecule has 96 valence electrons. The first-order chi connectivity index (χ1) is 8.81. The van der Waals surface area contributed by atoms with Gasteiger partial charge in [-0.1, -0.05) is 0 Å². The minimum absolute atomic E-state index is 0.259. The Kier molecular flexibility index (Phi) is 2.47. The number of carbonyl (C=O) groups is 1. The maximum absolute atomic E-state index is 11.9. The van der Waals surface area contributed by atoms with E-state index in [2.05, 4.69) is 15.7 Å². The maximum Gasteiger partial charge on any atom is 0.223 e. The van der Waals surface area contributed by atoms with E-state index < -0.39 is 0 Å². The first-order valence-corrected chi connectivity index (χ1v) is 7.91. The molecule has 1 amide bonds. The lowest BCUT2D eigenvalue weighted by molar-refractivity contribution is -0.122. The number of aromatic nitrogens is 1. The number of thiazole rings is 1. The van der Waals surface area contributed by atoms with Crippen molar-refractivity contribution in [1.82, 2.24) is 10.3 Å². The fourth-order valence-corrected chi connectivity index (χ4v) is 3.64. The molecule has 2 atom stereocenters. The van der Waals surface area contributed by atoms with E-state index in [1.165, 1.54) is 31.4 Å². The van der Waals surface area contributed by atoms with Crippen molar-refractivity contribution < 1.29 is 4.79 Å². The van der Waals surface area contributed by atoms with Gasteiger partial charge in [-0.25, -0.2) is 4.98 Å². The second-order valence-corrected chi connectivity index (χ2v) is 6.94. The van der Waals surface area contributed by atoms with E-state index in [1.54, 1.807) is 11.3 Å². The maximum atomic E-state index is 11.9. The van der Waals surface area contributed by atoms with Crippen LogP contribution in [-0.2, 0) is 11.3 Å². The zero-order chi connectivity index (χ0) is 12.1. The number of nitrogens with one attached hydrogen (secondary N) is 1. The number of hydrogen-bond acceptors (Lipinski definition) is 3. The standard InChI is InChI=1S/C14H18N2OS/c17-14(11-5-10(11)8-1-2-8)15-6-13-16-12(7-18-13)9-3-4-9/h7-11H,1-6H2,(H,15,17)/t10-,11-/m1/s1. The molecule has 1 N–H and O–H groups in total. The summed E-state index contributed by atoms with van der Waals surface area (Å²) < 4.78 is 0. The lowest BCUT2D eigenvalue weighted by atomic mass is 10.2. The van der Waals surface area contributed by atoms with E-state index in [1.807, 2.05) is 0 Å². The average Bonchev–Trinajstić information content (AvgIpc) is 3.23. The van der Waals surface area contributed by atoms with E-state index in [-0.39, 0.29) is 5.91 Å². The molecule has 0 aromatic carbocycles. The number of carbonyl (C=O) groups excluding carboxylic acids is 1. The summed E-state index contributed by atoms with van der Waals surface area (Å²) in [5, 5.41) is 6.27. The number of amides is 1. The van der Waals surface area contributed by atoms with Crippen LogP contribution in [0.3, 0.4) is 0 Å². The van der Waals surface area contributed by atoms with E-state index in [0.717, 1.165) is 17.3 Å². The van der Waals surface area contributed by atoms with Crippen molar-refractivity contribution in [2.75, 3.05) is 0 Å². The largest absolute Gasteiger partial charge is 0.349 e. The van der Waals surface area contributed by atoms with Crippen LogP contribution in [0.1, 0.15) is 48.7 Å². The van der Waals surface area contributed by atoms with Crippen molar-refractivity contribution in [3.05, 3.63) is 16.1 Å². The summed E-state index contributed by atoms with van der Waals surface area (Å²) in [6, 6.07) is 0. The molecule has 3 aliphatic rings. The molecule has 0 unspecified atom stereocenters. The topological polar surface area (TPSA) is 42.0 Å². The molecule has 1 aromatic rings. The summed E-state index contributed by atoms with van der Waals surface area (Å²) in [5.41, 5.74) is 1.24. The van der Waals surface area contributed by atoms with Crippen molar-refractivity contribution in [2.45, 2.75) is 44.6 Å². The van der Waals surface area contributed by atoms with Gasteiger partial charge in [0.1, 0.15) is 5.01 Å². The van der Waals surface area contributed by atoms with Crippen LogP contribution in [0.4, 0.5) is 0 Å². The van der Waals surface area contributed by atoms with Crippen LogP contribution in [0.5, 0.6) is 0 Å². The molecule has 3 fully saturated rings. The van der Waals surface area contributed by atoms with Crippen molar-refractivity contribution in [3.8, 4) is 0 Å². The van der Waals surface area contributed by atoms with Crippen LogP contribution >= 0.6 is 11.3 Å². The zero-order valence-corrected chi connectivity index (χ0v) is 11.2. The summed E-state index contributed by atoms with van der Waals surface area (Å²) in [6.45, 7) is 0.629. The smallest absolute Gasteiger partial charge is 0.223 e. The highest BCUT2D eigenvalue weighted by atomic mass is 32.1. The Morgan fingerprint density at radius 3 is 2.94 bits per heavy atom. The van der Waals surface area contributed by atoms with E-state index in [9.17, 15) is 4.79 Å². The number of nitrogens with zero attached hydrogens (tertiary/aromatic N) is 1. The molecule has 3 aliphatic carbocycles. The zero-order valence-electron chi connectivity index (χ0n) is 10.4. The number of hydrogen-bond donors (Lipinski definition) is 1. The molecule has 3 saturated carbocycles. The van der Waals surface area contributed by atoms with Crippen molar-refractivity contribution >= 4 is 17.2 Å². The van der Waals surface area contributed by atoms with Gasteiger partial charge >= 0.3 is 0 Å². The van der Waals surface area contributed by atoms with Crippen molar-refractivity contribution in [2.24, 2.45) is 17.8 Å². The second kappa shape index (κ2) is 4.05. The molecule has 18 heavy (non-hydrogen) atoms. The van der Waals surface area contributed by atoms with Gasteiger partial charge in [0.2, 0.25) is 5.91 Å². The van der Waals surface area contributed by atoms with Gasteiger partial charge in [-0.15, -0.1) is 11.3 Å². The minimum atomic E-state index is 0.259. The number of rotatable bonds is 5. The molecular weight excluding hydrogens is 244 g/mol. The van der Waals surface area contributed by atoms with Gasteiger partial charge < -0.3 is 5.32 Å². The molecule has 0 spiro atoms. The van der Waals surface area contributed by atoms with Crippen LogP contribution in [0.25, 0.3) is 0 Å². The Morgan fingerprint density at radius 1 is 1.39 bits per heavy atom. The first-order valence-electron chi connectivity index (χ1n) is 7.03. The van der Waals surface area contributed by atoms with Crippen LogP contribution in [0.15, 0.2) is 5.38 Å². The Bertz CT molecular complexity index is 476. The molecule has 0 bridgehead atoms. The molecule has 1 aromatic heterocycles. The molecular formula is C14H18N2OS. The lowest BCUT2D eigenvalue weighted by Crippen LogP contribution is -2.25. The Hall–Kier alpha value is -0.900. The summed E-state index contributed by atoms with van der Waals surface area (Å²) in [7, 11) is 0. The van der Waals surface area contributed by atoms with Gasteiger partial charge in [0.05, 0.1) is 12.2 Å². The molecule has 1 heterocycles. The van der Waals surface area contributed by atoms with Gasteiger partial charge in [-0.05, 0) is 43.9 Å². The Labute approximate surface area is 111 Å². The molecule has 3 nitrogen and oxygen atoms in total. The van der Waals surface area contributed by atoms with Gasteiger partial charge in [0, 0.05) is 17.2 Å². The van der Waals surface area contributed by atoms with Crippen LogP contribution < -0.4 is 5.32 Å². The van der Waals surface area contributed by atoms with Crippen molar-refractivity contribution in [1.29, 1.82) is 0 Å². The molecule has 4 heteroatoms. The highest BCUT2D eigenvalue weighted by Gasteiger charge is 2.50. The van der Waals surface area contributed by atoms with Crippen LogP contribution in [-0.4, -0.2) is 10.9 Å². The van der Waals surface area contributed by atoms with E-state index in [4.69, 9.17) is 0 Å². The molecule has 0 aliphatic heterocycles. The first kappa shape index (κ1) is 11.0. The fraction of sp³-hybridized carbons (Fsp3) is 0.714. The van der Waals surface area contributed by atoms with E-state index in [0.29, 0.717) is 24.3 Å². The lowest BCUT2D eigenvalue weighted by Gasteiger charge is -2.01. The third-order valence-electron chi connectivity index (χ3n) is 4.38. The fourth-order valence-electron chi connectivity index (χ4n) is 2.83. The van der Waals surface area contributed by atoms with Gasteiger partial charge in [-0.2, -0.15) is 0 Å². The minimum Gasteiger partial charge on any atom is -0.349 e. The Balaban J connectivity index is 1.28. The normalized spacial score (nSPS) is 30.2. The highest BCUT2D eigenvalue weighted by Crippen LogP contribution is 2.54. The monoisotopic (exact) mass is 262 g/mol. The SMILES string of the molecule is O=C(NCc1nc(C2CC2)cs1)[C@@H]1C[C@@H]1C1CC1. The quantitative estimate of drug-likeness (QED) is 0.886. The van der Waals surface area contributed by atoms with E-state index >= 15 is 0 Å². The summed E-state index contributed by atoms with van der Waals surface area (Å²) in [6.07, 6.45) is 6.42. The summed E-state index contributed by atoms with van der Waals surface area (Å²) in [5.74, 6) is 2.88. The van der Waals surface area contributed by atoms with Crippen LogP contribution in [0, 0.1) is 17.8 Å². The second-order valence-electron chi connectivity index (χ2n) is 6.00. The van der Waals surface area contributed by atoms with Gasteiger partial charge in [0.15, 0.2) is 0 Å². The summed E-state index contributed by atoms with van der Waals surface area (Å²) in [4.78, 5) is 16.5. The molecule has 0 radical (unpaired) electrons. The van der Waals surface area contributed by atoms with Gasteiger partial charge in [-0.3, -0.25) is 4.79 Å². The van der Waals surface area contributed by atoms with Crippen molar-refractivity contribution in [3.63, 3.8) is 0 Å².